The van der Waals surface area contributed by atoms with Crippen LogP contribution in [-0.2, 0) is 14.6 Å². The third-order valence-electron chi connectivity index (χ3n) is 4.88. The summed E-state index contributed by atoms with van der Waals surface area (Å²) < 4.78 is 30.8. The molecule has 7 nitrogen and oxygen atoms in total. The van der Waals surface area contributed by atoms with E-state index in [-0.39, 0.29) is 11.8 Å². The van der Waals surface area contributed by atoms with Crippen molar-refractivity contribution in [3.05, 3.63) is 30.3 Å². The van der Waals surface area contributed by atoms with E-state index in [9.17, 15) is 8.42 Å². The molecule has 158 valence electrons. The topological polar surface area (TPSA) is 83.0 Å². The smallest absolute Gasteiger partial charge is 0.191 e. The predicted molar refractivity (Wildman–Crippen MR) is 114 cm³/mol. The Morgan fingerprint density at radius 2 is 1.89 bits per heavy atom. The van der Waals surface area contributed by atoms with Crippen LogP contribution in [0.15, 0.2) is 40.2 Å². The lowest BCUT2D eigenvalue weighted by Gasteiger charge is -2.31. The Kier molecular flexibility index (Phi) is 9.21. The van der Waals surface area contributed by atoms with E-state index in [1.807, 2.05) is 19.9 Å². The zero-order chi connectivity index (χ0) is 20.4. The fourth-order valence-corrected chi connectivity index (χ4v) is 4.73. The lowest BCUT2D eigenvalue weighted by atomic mass is 10.2. The molecule has 1 aromatic rings. The monoisotopic (exact) mass is 410 g/mol. The summed E-state index contributed by atoms with van der Waals surface area (Å²) >= 11 is 0. The molecule has 1 saturated heterocycles. The molecule has 2 unspecified atom stereocenters. The van der Waals surface area contributed by atoms with E-state index in [0.29, 0.717) is 29.9 Å². The third-order valence-corrected chi connectivity index (χ3v) is 6.72. The van der Waals surface area contributed by atoms with Gasteiger partial charge in [-0.2, -0.15) is 0 Å². The van der Waals surface area contributed by atoms with Crippen LogP contribution < -0.4 is 10.6 Å². The number of rotatable bonds is 9. The molecule has 1 heterocycles. The molecule has 0 bridgehead atoms. The Bertz CT molecular complexity index is 703. The maximum absolute atomic E-state index is 12.7. The van der Waals surface area contributed by atoms with Crippen LogP contribution in [0.1, 0.15) is 27.2 Å². The summed E-state index contributed by atoms with van der Waals surface area (Å²) in [5, 5.41) is 6.54. The zero-order valence-electron chi connectivity index (χ0n) is 17.2. The zero-order valence-corrected chi connectivity index (χ0v) is 18.0. The van der Waals surface area contributed by atoms with E-state index in [1.54, 1.807) is 24.3 Å². The van der Waals surface area contributed by atoms with Gasteiger partial charge in [0.25, 0.3) is 0 Å². The van der Waals surface area contributed by atoms with Gasteiger partial charge in [0.2, 0.25) is 0 Å². The first-order valence-corrected chi connectivity index (χ1v) is 11.8. The van der Waals surface area contributed by atoms with Crippen molar-refractivity contribution in [2.75, 3.05) is 45.1 Å². The van der Waals surface area contributed by atoms with Crippen LogP contribution in [0.4, 0.5) is 0 Å². The highest BCUT2D eigenvalue weighted by Gasteiger charge is 2.21. The van der Waals surface area contributed by atoms with Gasteiger partial charge in [-0.1, -0.05) is 25.1 Å². The van der Waals surface area contributed by atoms with Gasteiger partial charge in [0.05, 0.1) is 30.4 Å². The SMILES string of the molecule is CCNC(=NCC(C)N1CCOCC1)NC(CC)CS(=O)(=O)c1ccccc1. The Hall–Kier alpha value is -1.64. The van der Waals surface area contributed by atoms with Crippen LogP contribution in [0, 0.1) is 0 Å². The van der Waals surface area contributed by atoms with E-state index < -0.39 is 9.84 Å². The normalized spacial score (nSPS) is 18.5. The Morgan fingerprint density at radius 1 is 1.21 bits per heavy atom. The van der Waals surface area contributed by atoms with Crippen LogP contribution in [0.25, 0.3) is 0 Å². The minimum Gasteiger partial charge on any atom is -0.379 e. The average molecular weight is 411 g/mol. The number of nitrogens with zero attached hydrogens (tertiary/aromatic N) is 2. The molecule has 0 aliphatic carbocycles. The van der Waals surface area contributed by atoms with Gasteiger partial charge in [0.15, 0.2) is 15.8 Å². The van der Waals surface area contributed by atoms with Gasteiger partial charge in [0, 0.05) is 31.7 Å². The molecule has 2 rings (SSSR count). The predicted octanol–water partition coefficient (Wildman–Crippen LogP) is 1.51. The van der Waals surface area contributed by atoms with Crippen molar-refractivity contribution in [2.24, 2.45) is 4.99 Å². The van der Waals surface area contributed by atoms with E-state index in [0.717, 1.165) is 32.8 Å². The summed E-state index contributed by atoms with van der Waals surface area (Å²) in [6, 6.07) is 8.71. The van der Waals surface area contributed by atoms with Crippen molar-refractivity contribution in [2.45, 2.75) is 44.2 Å². The van der Waals surface area contributed by atoms with Gasteiger partial charge in [-0.25, -0.2) is 8.42 Å². The molecular formula is C20H34N4O3S. The fourth-order valence-electron chi connectivity index (χ4n) is 3.12. The number of hydrogen-bond acceptors (Lipinski definition) is 5. The van der Waals surface area contributed by atoms with E-state index in [1.165, 1.54) is 0 Å². The van der Waals surface area contributed by atoms with Gasteiger partial charge < -0.3 is 15.4 Å². The lowest BCUT2D eigenvalue weighted by molar-refractivity contribution is 0.0220. The van der Waals surface area contributed by atoms with Crippen LogP contribution in [-0.4, -0.2) is 76.5 Å². The molecule has 0 aromatic heterocycles. The second-order valence-corrected chi connectivity index (χ2v) is 9.10. The van der Waals surface area contributed by atoms with E-state index in [4.69, 9.17) is 9.73 Å². The number of sulfone groups is 1. The first-order chi connectivity index (χ1) is 13.5. The second-order valence-electron chi connectivity index (χ2n) is 7.06. The Labute approximate surface area is 169 Å². The molecule has 28 heavy (non-hydrogen) atoms. The molecule has 8 heteroatoms. The molecule has 2 atom stereocenters. The standard InChI is InChI=1S/C20H34N4O3S/c1-4-18(16-28(25,26)19-9-7-6-8-10-19)23-20(21-5-2)22-15-17(3)24-11-13-27-14-12-24/h6-10,17-18H,4-5,11-16H2,1-3H3,(H2,21,22,23). The molecular weight excluding hydrogens is 376 g/mol. The van der Waals surface area contributed by atoms with Gasteiger partial charge in [-0.3, -0.25) is 9.89 Å². The van der Waals surface area contributed by atoms with Crippen molar-refractivity contribution in [3.63, 3.8) is 0 Å². The number of ether oxygens (including phenoxy) is 1. The summed E-state index contributed by atoms with van der Waals surface area (Å²) in [7, 11) is -3.35. The summed E-state index contributed by atoms with van der Waals surface area (Å²) in [5.74, 6) is 0.703. The molecule has 2 N–H and O–H groups in total. The maximum Gasteiger partial charge on any atom is 0.191 e. The molecule has 0 radical (unpaired) electrons. The summed E-state index contributed by atoms with van der Waals surface area (Å²) in [5.41, 5.74) is 0. The number of morpholine rings is 1. The number of benzene rings is 1. The quantitative estimate of drug-likeness (QED) is 0.474. The highest BCUT2D eigenvalue weighted by atomic mass is 32.2. The summed E-state index contributed by atoms with van der Waals surface area (Å²) in [6.07, 6.45) is 0.690. The Balaban J connectivity index is 1.99. The number of hydrogen-bond donors (Lipinski definition) is 2. The molecule has 1 fully saturated rings. The van der Waals surface area contributed by atoms with Crippen molar-refractivity contribution in [1.29, 1.82) is 0 Å². The molecule has 1 aliphatic rings. The molecule has 1 aromatic carbocycles. The number of aliphatic imine (C=N–C) groups is 1. The van der Waals surface area contributed by atoms with Crippen molar-refractivity contribution in [3.8, 4) is 0 Å². The minimum atomic E-state index is -3.35. The lowest BCUT2D eigenvalue weighted by Crippen LogP contribution is -2.47. The first-order valence-electron chi connectivity index (χ1n) is 10.1. The van der Waals surface area contributed by atoms with Gasteiger partial charge in [0.1, 0.15) is 0 Å². The second kappa shape index (κ2) is 11.4. The Morgan fingerprint density at radius 3 is 2.50 bits per heavy atom. The van der Waals surface area contributed by atoms with Crippen LogP contribution in [0.5, 0.6) is 0 Å². The highest BCUT2D eigenvalue weighted by Crippen LogP contribution is 2.12. The van der Waals surface area contributed by atoms with Crippen LogP contribution >= 0.6 is 0 Å². The largest absolute Gasteiger partial charge is 0.379 e. The highest BCUT2D eigenvalue weighted by molar-refractivity contribution is 7.91. The molecule has 0 amide bonds. The molecule has 0 saturated carbocycles. The van der Waals surface area contributed by atoms with E-state index >= 15 is 0 Å². The third kappa shape index (κ3) is 7.07. The van der Waals surface area contributed by atoms with Crippen molar-refractivity contribution >= 4 is 15.8 Å². The summed E-state index contributed by atoms with van der Waals surface area (Å²) in [6.45, 7) is 10.9. The maximum atomic E-state index is 12.7. The van der Waals surface area contributed by atoms with Crippen molar-refractivity contribution in [1.82, 2.24) is 15.5 Å². The van der Waals surface area contributed by atoms with Crippen LogP contribution in [0.2, 0.25) is 0 Å². The fraction of sp³-hybridized carbons (Fsp3) is 0.650. The first kappa shape index (κ1) is 22.6. The van der Waals surface area contributed by atoms with E-state index in [2.05, 4.69) is 22.5 Å². The number of nitrogens with one attached hydrogen (secondary N) is 2. The van der Waals surface area contributed by atoms with Gasteiger partial charge >= 0.3 is 0 Å². The van der Waals surface area contributed by atoms with Crippen molar-refractivity contribution < 1.29 is 13.2 Å². The van der Waals surface area contributed by atoms with Gasteiger partial charge in [-0.15, -0.1) is 0 Å². The number of guanidine groups is 1. The summed E-state index contributed by atoms with van der Waals surface area (Å²) in [4.78, 5) is 7.42. The molecule has 0 spiro atoms. The minimum absolute atomic E-state index is 0.0386. The average Bonchev–Trinajstić information content (AvgIpc) is 2.72. The molecule has 1 aliphatic heterocycles. The van der Waals surface area contributed by atoms with Crippen LogP contribution in [0.3, 0.4) is 0 Å². The van der Waals surface area contributed by atoms with Gasteiger partial charge in [-0.05, 0) is 32.4 Å².